The van der Waals surface area contributed by atoms with Gasteiger partial charge >= 0.3 is 0 Å². The number of benzene rings is 3. The first-order valence-electron chi connectivity index (χ1n) is 8.87. The molecule has 0 atom stereocenters. The van der Waals surface area contributed by atoms with Crippen molar-refractivity contribution in [3.8, 4) is 18.1 Å². The number of fused-ring (bicyclic) bond motifs is 1. The first-order chi connectivity index (χ1) is 14.1. The highest BCUT2D eigenvalue weighted by Gasteiger charge is 2.09. The van der Waals surface area contributed by atoms with Crippen molar-refractivity contribution in [3.63, 3.8) is 0 Å². The molecule has 0 unspecified atom stereocenters. The molecule has 2 amide bonds. The Morgan fingerprint density at radius 2 is 1.97 bits per heavy atom. The van der Waals surface area contributed by atoms with Crippen LogP contribution in [0.1, 0.15) is 22.8 Å². The standard InChI is InChI=1S/C23H19N3O3/c1-3-13-29-22-12-11-17-7-4-5-10-20(17)21(22)15-24-26-23(28)18-8-6-9-19(14-18)25-16(2)27/h1,4-12,14-15H,13H2,2H3,(H,25,27)(H,26,28). The van der Waals surface area contributed by atoms with Gasteiger partial charge in [0, 0.05) is 23.7 Å². The van der Waals surface area contributed by atoms with Gasteiger partial charge in [0.15, 0.2) is 0 Å². The van der Waals surface area contributed by atoms with E-state index in [1.165, 1.54) is 13.1 Å². The summed E-state index contributed by atoms with van der Waals surface area (Å²) in [4.78, 5) is 23.6. The number of anilines is 1. The van der Waals surface area contributed by atoms with Crippen LogP contribution in [-0.2, 0) is 4.79 Å². The number of nitrogens with one attached hydrogen (secondary N) is 2. The summed E-state index contributed by atoms with van der Waals surface area (Å²) in [5.74, 6) is 2.40. The molecule has 0 bridgehead atoms. The first-order valence-corrected chi connectivity index (χ1v) is 8.87. The van der Waals surface area contributed by atoms with E-state index in [0.717, 1.165) is 10.8 Å². The minimum atomic E-state index is -0.403. The highest BCUT2D eigenvalue weighted by Crippen LogP contribution is 2.26. The minimum Gasteiger partial charge on any atom is -0.480 e. The molecule has 0 radical (unpaired) electrons. The van der Waals surface area contributed by atoms with E-state index < -0.39 is 5.91 Å². The van der Waals surface area contributed by atoms with Gasteiger partial charge in [0.25, 0.3) is 5.91 Å². The van der Waals surface area contributed by atoms with E-state index in [0.29, 0.717) is 22.6 Å². The molecule has 144 valence electrons. The molecule has 2 N–H and O–H groups in total. The molecule has 0 spiro atoms. The van der Waals surface area contributed by atoms with Crippen LogP contribution < -0.4 is 15.5 Å². The van der Waals surface area contributed by atoms with E-state index in [9.17, 15) is 9.59 Å². The maximum absolute atomic E-state index is 12.4. The maximum Gasteiger partial charge on any atom is 0.271 e. The molecular formula is C23H19N3O3. The molecule has 29 heavy (non-hydrogen) atoms. The number of amides is 2. The van der Waals surface area contributed by atoms with Crippen molar-refractivity contribution in [2.24, 2.45) is 5.10 Å². The molecule has 0 aliphatic rings. The molecule has 0 aromatic heterocycles. The predicted molar refractivity (Wildman–Crippen MR) is 114 cm³/mol. The van der Waals surface area contributed by atoms with Crippen molar-refractivity contribution in [1.82, 2.24) is 5.43 Å². The van der Waals surface area contributed by atoms with Crippen molar-refractivity contribution in [2.75, 3.05) is 11.9 Å². The van der Waals surface area contributed by atoms with Crippen LogP contribution in [0.3, 0.4) is 0 Å². The van der Waals surface area contributed by atoms with Crippen molar-refractivity contribution < 1.29 is 14.3 Å². The molecule has 6 nitrogen and oxygen atoms in total. The van der Waals surface area contributed by atoms with Crippen LogP contribution in [0.2, 0.25) is 0 Å². The molecule has 0 saturated heterocycles. The summed E-state index contributed by atoms with van der Waals surface area (Å²) in [5, 5.41) is 8.66. The van der Waals surface area contributed by atoms with Gasteiger partial charge < -0.3 is 10.1 Å². The highest BCUT2D eigenvalue weighted by molar-refractivity contribution is 6.03. The summed E-state index contributed by atoms with van der Waals surface area (Å²) in [5.41, 5.74) is 4.12. The average Bonchev–Trinajstić information content (AvgIpc) is 2.72. The second kappa shape index (κ2) is 9.20. The van der Waals surface area contributed by atoms with Crippen molar-refractivity contribution in [1.29, 1.82) is 0 Å². The van der Waals surface area contributed by atoms with Gasteiger partial charge in [-0.25, -0.2) is 5.43 Å². The van der Waals surface area contributed by atoms with Crippen LogP contribution in [0, 0.1) is 12.3 Å². The zero-order chi connectivity index (χ0) is 20.6. The summed E-state index contributed by atoms with van der Waals surface area (Å²) in [6.45, 7) is 1.53. The molecule has 3 aromatic carbocycles. The van der Waals surface area contributed by atoms with Crippen LogP contribution in [0.15, 0.2) is 65.8 Å². The molecule has 6 heteroatoms. The first kappa shape index (κ1) is 19.6. The van der Waals surface area contributed by atoms with E-state index in [1.54, 1.807) is 24.3 Å². The van der Waals surface area contributed by atoms with Crippen molar-refractivity contribution in [3.05, 3.63) is 71.8 Å². The Balaban J connectivity index is 1.82. The molecule has 0 heterocycles. The van der Waals surface area contributed by atoms with Gasteiger partial charge in [-0.1, -0.05) is 42.3 Å². The fourth-order valence-electron chi connectivity index (χ4n) is 2.82. The third-order valence-electron chi connectivity index (χ3n) is 4.05. The smallest absolute Gasteiger partial charge is 0.271 e. The zero-order valence-electron chi connectivity index (χ0n) is 15.8. The summed E-state index contributed by atoms with van der Waals surface area (Å²) in [6, 6.07) is 18.1. The second-order valence-corrected chi connectivity index (χ2v) is 6.15. The normalized spacial score (nSPS) is 10.5. The Kier molecular flexibility index (Phi) is 6.23. The van der Waals surface area contributed by atoms with Gasteiger partial charge in [0.1, 0.15) is 12.4 Å². The molecule has 3 rings (SSSR count). The number of hydrogen-bond donors (Lipinski definition) is 2. The lowest BCUT2D eigenvalue weighted by molar-refractivity contribution is -0.114. The van der Waals surface area contributed by atoms with Crippen LogP contribution in [-0.4, -0.2) is 24.6 Å². The van der Waals surface area contributed by atoms with Crippen molar-refractivity contribution in [2.45, 2.75) is 6.92 Å². The van der Waals surface area contributed by atoms with Gasteiger partial charge in [-0.05, 0) is 35.0 Å². The molecule has 0 saturated carbocycles. The Hall–Kier alpha value is -4.11. The lowest BCUT2D eigenvalue weighted by atomic mass is 10.0. The molecule has 0 aliphatic heterocycles. The maximum atomic E-state index is 12.4. The van der Waals surface area contributed by atoms with Gasteiger partial charge in [-0.15, -0.1) is 6.42 Å². The second-order valence-electron chi connectivity index (χ2n) is 6.15. The van der Waals surface area contributed by atoms with E-state index in [-0.39, 0.29) is 12.5 Å². The van der Waals surface area contributed by atoms with E-state index in [4.69, 9.17) is 11.2 Å². The lowest BCUT2D eigenvalue weighted by Crippen LogP contribution is -2.18. The SMILES string of the molecule is C#CCOc1ccc2ccccc2c1C=NNC(=O)c1cccc(NC(C)=O)c1. The quantitative estimate of drug-likeness (QED) is 0.387. The van der Waals surface area contributed by atoms with Gasteiger partial charge in [-0.3, -0.25) is 9.59 Å². The predicted octanol–water partition coefficient (Wildman–Crippen LogP) is 3.57. The largest absolute Gasteiger partial charge is 0.480 e. The number of hydrazone groups is 1. The summed E-state index contributed by atoms with van der Waals surface area (Å²) >= 11 is 0. The van der Waals surface area contributed by atoms with Crippen LogP contribution in [0.25, 0.3) is 10.8 Å². The number of hydrogen-bond acceptors (Lipinski definition) is 4. The van der Waals surface area contributed by atoms with Gasteiger partial charge in [0.05, 0.1) is 6.21 Å². The number of rotatable bonds is 6. The number of nitrogens with zero attached hydrogens (tertiary/aromatic N) is 1. The molecule has 0 aliphatic carbocycles. The monoisotopic (exact) mass is 385 g/mol. The minimum absolute atomic E-state index is 0.126. The third-order valence-corrected chi connectivity index (χ3v) is 4.05. The Labute approximate surface area is 168 Å². The number of carbonyl (C=O) groups excluding carboxylic acids is 2. The fourth-order valence-corrected chi connectivity index (χ4v) is 2.82. The zero-order valence-corrected chi connectivity index (χ0v) is 15.8. The van der Waals surface area contributed by atoms with Crippen LogP contribution in [0.5, 0.6) is 5.75 Å². The van der Waals surface area contributed by atoms with Crippen LogP contribution >= 0.6 is 0 Å². The third kappa shape index (κ3) is 4.99. The summed E-state index contributed by atoms with van der Waals surface area (Å²) in [7, 11) is 0. The van der Waals surface area contributed by atoms with Gasteiger partial charge in [0.2, 0.25) is 5.91 Å². The Morgan fingerprint density at radius 1 is 1.14 bits per heavy atom. The van der Waals surface area contributed by atoms with Crippen molar-refractivity contribution >= 4 is 34.5 Å². The Bertz CT molecular complexity index is 1130. The van der Waals surface area contributed by atoms with Crippen LogP contribution in [0.4, 0.5) is 5.69 Å². The van der Waals surface area contributed by atoms with E-state index in [2.05, 4.69) is 21.8 Å². The van der Waals surface area contributed by atoms with E-state index >= 15 is 0 Å². The average molecular weight is 385 g/mol. The number of carbonyl (C=O) groups is 2. The molecule has 0 fully saturated rings. The molecule has 3 aromatic rings. The highest BCUT2D eigenvalue weighted by atomic mass is 16.5. The fraction of sp³-hybridized carbons (Fsp3) is 0.0870. The number of terminal acetylenes is 1. The van der Waals surface area contributed by atoms with E-state index in [1.807, 2.05) is 36.4 Å². The summed E-state index contributed by atoms with van der Waals surface area (Å²) < 4.78 is 5.61. The molecular weight excluding hydrogens is 366 g/mol. The van der Waals surface area contributed by atoms with Gasteiger partial charge in [-0.2, -0.15) is 5.10 Å². The number of ether oxygens (including phenoxy) is 1. The Morgan fingerprint density at radius 3 is 2.76 bits per heavy atom. The summed E-state index contributed by atoms with van der Waals surface area (Å²) in [6.07, 6.45) is 6.83. The topological polar surface area (TPSA) is 79.8 Å². The lowest BCUT2D eigenvalue weighted by Gasteiger charge is -2.10.